The van der Waals surface area contributed by atoms with Gasteiger partial charge < -0.3 is 14.8 Å². The molecule has 0 spiro atoms. The number of hydrogen-bond acceptors (Lipinski definition) is 2. The van der Waals surface area contributed by atoms with Crippen LogP contribution >= 0.6 is 23.8 Å². The predicted octanol–water partition coefficient (Wildman–Crippen LogP) is 7.34. The maximum Gasteiger partial charge on any atom is 0.416 e. The van der Waals surface area contributed by atoms with Crippen LogP contribution in [0.25, 0.3) is 5.69 Å². The number of benzene rings is 2. The monoisotopic (exact) mass is 526 g/mol. The maximum absolute atomic E-state index is 13.4. The minimum absolute atomic E-state index is 0.273. The van der Waals surface area contributed by atoms with Crippen LogP contribution in [0.3, 0.4) is 0 Å². The van der Waals surface area contributed by atoms with E-state index in [0.29, 0.717) is 15.8 Å². The third-order valence-corrected chi connectivity index (χ3v) is 6.99. The molecule has 9 heteroatoms. The average molecular weight is 527 g/mol. The molecule has 0 radical (unpaired) electrons. The van der Waals surface area contributed by atoms with E-state index in [4.69, 9.17) is 23.8 Å². The maximum atomic E-state index is 13.4. The zero-order valence-electron chi connectivity index (χ0n) is 19.4. The Morgan fingerprint density at radius 3 is 2.36 bits per heavy atom. The molecule has 36 heavy (non-hydrogen) atoms. The molecule has 0 unspecified atom stereocenters. The molecule has 4 aromatic rings. The number of alkyl halides is 3. The standard InChI is InChI=1S/C27H22ClF3N4S/c1-16-14-22(17(2)34(16)21-7-5-6-18(15-21)27(29,30)31)25-24(23-8-3-4-13-32-23)33-26(36)35(25)20-11-9-19(28)10-12-20/h3-15,24-25H,1-2H3,(H,33,36)/t24-,25-/m1/s1. The summed E-state index contributed by atoms with van der Waals surface area (Å²) in [6, 6.07) is 19.9. The molecule has 0 amide bonds. The molecular formula is C27H22ClF3N4S. The highest BCUT2D eigenvalue weighted by atomic mass is 35.5. The van der Waals surface area contributed by atoms with E-state index < -0.39 is 11.7 Å². The van der Waals surface area contributed by atoms with Crippen molar-refractivity contribution in [1.29, 1.82) is 0 Å². The Kier molecular flexibility index (Phi) is 6.26. The van der Waals surface area contributed by atoms with Gasteiger partial charge in [0.25, 0.3) is 0 Å². The molecule has 1 N–H and O–H groups in total. The first-order chi connectivity index (χ1) is 17.1. The van der Waals surface area contributed by atoms with Crippen molar-refractivity contribution in [3.63, 3.8) is 0 Å². The van der Waals surface area contributed by atoms with Gasteiger partial charge in [-0.05, 0) is 92.3 Å². The SMILES string of the molecule is Cc1cc([C@@H]2[C@@H](c3ccccn3)NC(=S)N2c2ccc(Cl)cc2)c(C)n1-c1cccc(C(F)(F)F)c1. The minimum atomic E-state index is -4.43. The lowest BCUT2D eigenvalue weighted by molar-refractivity contribution is -0.137. The second kappa shape index (κ2) is 9.26. The molecule has 0 saturated carbocycles. The van der Waals surface area contributed by atoms with E-state index in [2.05, 4.69) is 10.3 Å². The Hall–Kier alpha value is -3.36. The minimum Gasteiger partial charge on any atom is -0.351 e. The number of nitrogens with one attached hydrogen (secondary N) is 1. The number of anilines is 1. The van der Waals surface area contributed by atoms with Crippen LogP contribution in [0.2, 0.25) is 5.02 Å². The molecule has 2 atom stereocenters. The summed E-state index contributed by atoms with van der Waals surface area (Å²) in [6.07, 6.45) is -2.70. The third-order valence-electron chi connectivity index (χ3n) is 6.42. The van der Waals surface area contributed by atoms with Gasteiger partial charge in [-0.2, -0.15) is 13.2 Å². The van der Waals surface area contributed by atoms with Crippen molar-refractivity contribution in [3.8, 4) is 5.69 Å². The highest BCUT2D eigenvalue weighted by Gasteiger charge is 2.42. The summed E-state index contributed by atoms with van der Waals surface area (Å²) in [5, 5.41) is 4.55. The number of nitrogens with zero attached hydrogens (tertiary/aromatic N) is 3. The summed E-state index contributed by atoms with van der Waals surface area (Å²) in [4.78, 5) is 6.58. The summed E-state index contributed by atoms with van der Waals surface area (Å²) in [6.45, 7) is 3.80. The largest absolute Gasteiger partial charge is 0.416 e. The van der Waals surface area contributed by atoms with Crippen molar-refractivity contribution in [1.82, 2.24) is 14.9 Å². The van der Waals surface area contributed by atoms with E-state index in [1.54, 1.807) is 24.4 Å². The zero-order valence-corrected chi connectivity index (χ0v) is 21.0. The van der Waals surface area contributed by atoms with Gasteiger partial charge in [0.15, 0.2) is 5.11 Å². The first-order valence-electron chi connectivity index (χ1n) is 11.3. The Labute approximate surface area is 217 Å². The van der Waals surface area contributed by atoms with Crippen molar-refractivity contribution >= 4 is 34.6 Å². The number of pyridine rings is 1. The lowest BCUT2D eigenvalue weighted by atomic mass is 9.96. The third kappa shape index (κ3) is 4.35. The summed E-state index contributed by atoms with van der Waals surface area (Å²) in [5.41, 5.74) is 4.00. The van der Waals surface area contributed by atoms with E-state index >= 15 is 0 Å². The van der Waals surface area contributed by atoms with Crippen LogP contribution < -0.4 is 10.2 Å². The number of halogens is 4. The lowest BCUT2D eigenvalue weighted by Gasteiger charge is -2.28. The van der Waals surface area contributed by atoms with Crippen LogP contribution in [0.15, 0.2) is 79.0 Å². The lowest BCUT2D eigenvalue weighted by Crippen LogP contribution is -2.29. The van der Waals surface area contributed by atoms with E-state index in [0.717, 1.165) is 34.4 Å². The zero-order chi connectivity index (χ0) is 25.6. The van der Waals surface area contributed by atoms with Crippen LogP contribution in [-0.2, 0) is 6.18 Å². The highest BCUT2D eigenvalue weighted by Crippen LogP contribution is 2.44. The quantitative estimate of drug-likeness (QED) is 0.282. The normalized spacial score (nSPS) is 17.9. The first-order valence-corrected chi connectivity index (χ1v) is 12.1. The van der Waals surface area contributed by atoms with Crippen molar-refractivity contribution in [3.05, 3.63) is 112 Å². The van der Waals surface area contributed by atoms with Gasteiger partial charge in [0, 0.05) is 34.0 Å². The van der Waals surface area contributed by atoms with Gasteiger partial charge in [0.2, 0.25) is 0 Å². The number of thiocarbonyl (C=S) groups is 1. The molecule has 3 heterocycles. The first kappa shape index (κ1) is 24.3. The van der Waals surface area contributed by atoms with E-state index in [9.17, 15) is 13.2 Å². The van der Waals surface area contributed by atoms with Crippen LogP contribution in [-0.4, -0.2) is 14.7 Å². The number of aromatic nitrogens is 2. The number of aryl methyl sites for hydroxylation is 1. The molecule has 2 aromatic carbocycles. The fraction of sp³-hybridized carbons (Fsp3) is 0.185. The average Bonchev–Trinajstić information content (AvgIpc) is 3.35. The highest BCUT2D eigenvalue weighted by molar-refractivity contribution is 7.80. The summed E-state index contributed by atoms with van der Waals surface area (Å²) in [5.74, 6) is 0. The summed E-state index contributed by atoms with van der Waals surface area (Å²) < 4.78 is 42.1. The number of hydrogen-bond donors (Lipinski definition) is 1. The molecule has 184 valence electrons. The number of rotatable bonds is 4. The fourth-order valence-electron chi connectivity index (χ4n) is 4.86. The second-order valence-electron chi connectivity index (χ2n) is 8.68. The molecule has 4 nitrogen and oxygen atoms in total. The summed E-state index contributed by atoms with van der Waals surface area (Å²) >= 11 is 11.9. The Bertz CT molecular complexity index is 1420. The van der Waals surface area contributed by atoms with Gasteiger partial charge in [0.1, 0.15) is 0 Å². The van der Waals surface area contributed by atoms with Crippen LogP contribution in [0.1, 0.15) is 40.3 Å². The van der Waals surface area contributed by atoms with Gasteiger partial charge in [-0.3, -0.25) is 4.98 Å². The topological polar surface area (TPSA) is 33.1 Å². The van der Waals surface area contributed by atoms with Crippen molar-refractivity contribution in [2.75, 3.05) is 4.90 Å². The van der Waals surface area contributed by atoms with Crippen LogP contribution in [0.5, 0.6) is 0 Å². The van der Waals surface area contributed by atoms with Crippen molar-refractivity contribution < 1.29 is 13.2 Å². The van der Waals surface area contributed by atoms with Gasteiger partial charge in [-0.1, -0.05) is 23.7 Å². The van der Waals surface area contributed by atoms with Crippen LogP contribution in [0, 0.1) is 13.8 Å². The van der Waals surface area contributed by atoms with E-state index in [1.807, 2.05) is 59.7 Å². The Balaban J connectivity index is 1.67. The molecule has 1 aliphatic rings. The smallest absolute Gasteiger partial charge is 0.351 e. The van der Waals surface area contributed by atoms with Gasteiger partial charge in [0.05, 0.1) is 23.3 Å². The van der Waals surface area contributed by atoms with Crippen molar-refractivity contribution in [2.24, 2.45) is 0 Å². The molecule has 2 aromatic heterocycles. The van der Waals surface area contributed by atoms with Crippen molar-refractivity contribution in [2.45, 2.75) is 32.1 Å². The Morgan fingerprint density at radius 1 is 0.944 bits per heavy atom. The Morgan fingerprint density at radius 2 is 1.69 bits per heavy atom. The molecule has 1 aliphatic heterocycles. The van der Waals surface area contributed by atoms with Gasteiger partial charge in [-0.25, -0.2) is 0 Å². The predicted molar refractivity (Wildman–Crippen MR) is 140 cm³/mol. The van der Waals surface area contributed by atoms with Gasteiger partial charge in [-0.15, -0.1) is 0 Å². The van der Waals surface area contributed by atoms with Crippen LogP contribution in [0.4, 0.5) is 18.9 Å². The molecule has 0 aliphatic carbocycles. The molecule has 1 saturated heterocycles. The van der Waals surface area contributed by atoms with Gasteiger partial charge >= 0.3 is 6.18 Å². The fourth-order valence-corrected chi connectivity index (χ4v) is 5.33. The molecule has 0 bridgehead atoms. The van der Waals surface area contributed by atoms with E-state index in [-0.39, 0.29) is 12.1 Å². The molecule has 1 fully saturated rings. The van der Waals surface area contributed by atoms with E-state index in [1.165, 1.54) is 12.1 Å². The molecular weight excluding hydrogens is 505 g/mol. The molecule has 5 rings (SSSR count). The summed E-state index contributed by atoms with van der Waals surface area (Å²) in [7, 11) is 0. The second-order valence-corrected chi connectivity index (χ2v) is 9.51.